The van der Waals surface area contributed by atoms with E-state index in [0.29, 0.717) is 0 Å². The van der Waals surface area contributed by atoms with Crippen LogP contribution in [0.1, 0.15) is 13.3 Å². The van der Waals surface area contributed by atoms with E-state index in [-0.39, 0.29) is 17.2 Å². The average Bonchev–Trinajstić information content (AvgIpc) is 1.63. The van der Waals surface area contributed by atoms with Crippen LogP contribution in [0.4, 0.5) is 0 Å². The summed E-state index contributed by atoms with van der Waals surface area (Å²) >= 11 is 4.31. The number of thiocarbonyl (C=S) groups is 1. The third-order valence-corrected chi connectivity index (χ3v) is 0.912. The lowest BCUT2D eigenvalue weighted by atomic mass is 10.2. The molecule has 0 rings (SSSR count). The van der Waals surface area contributed by atoms with Crippen molar-refractivity contribution in [3.05, 3.63) is 0 Å². The number of Topliss-reactive ketones (excluding diaryl/α,β-unsaturated/α-hetero) is 2. The molecule has 50 valence electrons. The van der Waals surface area contributed by atoms with Gasteiger partial charge in [-0.15, -0.1) is 0 Å². The highest BCUT2D eigenvalue weighted by atomic mass is 32.1. The third kappa shape index (κ3) is 3.78. The van der Waals surface area contributed by atoms with Gasteiger partial charge >= 0.3 is 0 Å². The van der Waals surface area contributed by atoms with Crippen molar-refractivity contribution >= 4 is 28.8 Å². The summed E-state index contributed by atoms with van der Waals surface area (Å²) in [6.45, 7) is 1.32. The number of hydrogen-bond donors (Lipinski definition) is 1. The Labute approximate surface area is 58.2 Å². The van der Waals surface area contributed by atoms with Crippen molar-refractivity contribution in [3.63, 3.8) is 0 Å². The molecule has 0 radical (unpaired) electrons. The largest absolute Gasteiger partial charge is 0.387 e. The molecule has 0 aromatic heterocycles. The fraction of sp³-hybridized carbons (Fsp3) is 0.400. The van der Waals surface area contributed by atoms with Gasteiger partial charge in [0, 0.05) is 0 Å². The van der Waals surface area contributed by atoms with Crippen molar-refractivity contribution < 1.29 is 9.59 Å². The summed E-state index contributed by atoms with van der Waals surface area (Å²) in [7, 11) is 0. The highest BCUT2D eigenvalue weighted by Crippen LogP contribution is 1.84. The second kappa shape index (κ2) is 3.29. The van der Waals surface area contributed by atoms with Gasteiger partial charge in [0.15, 0.2) is 5.78 Å². The van der Waals surface area contributed by atoms with E-state index >= 15 is 0 Å². The molecule has 0 atom stereocenters. The zero-order chi connectivity index (χ0) is 7.44. The van der Waals surface area contributed by atoms with Gasteiger partial charge in [0.05, 0.1) is 6.42 Å². The fourth-order valence-corrected chi connectivity index (χ4v) is 0.385. The maximum absolute atomic E-state index is 10.5. The van der Waals surface area contributed by atoms with Crippen LogP contribution in [0, 0.1) is 0 Å². The molecular weight excluding hydrogens is 138 g/mol. The van der Waals surface area contributed by atoms with Gasteiger partial charge in [-0.1, -0.05) is 12.2 Å². The lowest BCUT2D eigenvalue weighted by Gasteiger charge is -1.90. The monoisotopic (exact) mass is 145 g/mol. The van der Waals surface area contributed by atoms with Gasteiger partial charge in [0.2, 0.25) is 0 Å². The van der Waals surface area contributed by atoms with Crippen molar-refractivity contribution in [2.75, 3.05) is 0 Å². The number of carbonyl (C=O) groups excluding carboxylic acids is 2. The number of carbonyl (C=O) groups is 2. The summed E-state index contributed by atoms with van der Waals surface area (Å²) in [5.74, 6) is -0.676. The summed E-state index contributed by atoms with van der Waals surface area (Å²) in [5.41, 5.74) is 4.91. The highest BCUT2D eigenvalue weighted by molar-refractivity contribution is 7.82. The molecule has 0 bridgehead atoms. The van der Waals surface area contributed by atoms with E-state index in [2.05, 4.69) is 12.2 Å². The number of rotatable bonds is 3. The Morgan fingerprint density at radius 1 is 1.56 bits per heavy atom. The quantitative estimate of drug-likeness (QED) is 0.442. The number of hydrogen-bond acceptors (Lipinski definition) is 3. The molecule has 0 aliphatic heterocycles. The highest BCUT2D eigenvalue weighted by Gasteiger charge is 2.06. The van der Waals surface area contributed by atoms with Gasteiger partial charge in [0.25, 0.3) is 0 Å². The van der Waals surface area contributed by atoms with Crippen LogP contribution in [0.2, 0.25) is 0 Å². The SMILES string of the molecule is CC(=O)CC(=O)C(N)=S. The van der Waals surface area contributed by atoms with Crippen LogP contribution >= 0.6 is 12.2 Å². The molecule has 0 amide bonds. The third-order valence-electron chi connectivity index (χ3n) is 0.684. The molecule has 0 aromatic rings. The lowest BCUT2D eigenvalue weighted by molar-refractivity contribution is -0.122. The van der Waals surface area contributed by atoms with Gasteiger partial charge < -0.3 is 5.73 Å². The molecule has 4 heteroatoms. The van der Waals surface area contributed by atoms with E-state index < -0.39 is 5.78 Å². The molecule has 0 fully saturated rings. The van der Waals surface area contributed by atoms with Gasteiger partial charge in [-0.05, 0) is 6.92 Å². The maximum Gasteiger partial charge on any atom is 0.196 e. The van der Waals surface area contributed by atoms with Crippen LogP contribution in [0.3, 0.4) is 0 Å². The topological polar surface area (TPSA) is 60.2 Å². The molecule has 0 unspecified atom stereocenters. The first-order chi connectivity index (χ1) is 4.04. The van der Waals surface area contributed by atoms with Gasteiger partial charge in [-0.3, -0.25) is 9.59 Å². The number of ketones is 2. The van der Waals surface area contributed by atoms with Crippen LogP contribution in [-0.4, -0.2) is 16.6 Å². The van der Waals surface area contributed by atoms with Crippen LogP contribution in [0.5, 0.6) is 0 Å². The Balaban J connectivity index is 3.79. The van der Waals surface area contributed by atoms with Crippen molar-refractivity contribution in [2.45, 2.75) is 13.3 Å². The molecule has 9 heavy (non-hydrogen) atoms. The minimum Gasteiger partial charge on any atom is -0.387 e. The smallest absolute Gasteiger partial charge is 0.196 e. The van der Waals surface area contributed by atoms with E-state index in [9.17, 15) is 9.59 Å². The summed E-state index contributed by atoms with van der Waals surface area (Å²) < 4.78 is 0. The molecule has 0 aromatic carbocycles. The van der Waals surface area contributed by atoms with E-state index in [1.807, 2.05) is 0 Å². The zero-order valence-corrected chi connectivity index (χ0v) is 5.83. The van der Waals surface area contributed by atoms with Crippen LogP contribution in [0.15, 0.2) is 0 Å². The Bertz CT molecular complexity index is 164. The van der Waals surface area contributed by atoms with Gasteiger partial charge in [-0.25, -0.2) is 0 Å². The Hall–Kier alpha value is -0.770. The summed E-state index contributed by atoms with van der Waals surface area (Å²) in [6.07, 6.45) is -0.171. The molecule has 0 aliphatic carbocycles. The van der Waals surface area contributed by atoms with Crippen molar-refractivity contribution in [2.24, 2.45) is 5.73 Å². The van der Waals surface area contributed by atoms with Crippen LogP contribution in [-0.2, 0) is 9.59 Å². The summed E-state index contributed by atoms with van der Waals surface area (Å²) in [4.78, 5) is 20.5. The number of nitrogens with two attached hydrogens (primary N) is 1. The fourth-order valence-electron chi connectivity index (χ4n) is 0.313. The van der Waals surface area contributed by atoms with Gasteiger partial charge in [0.1, 0.15) is 10.8 Å². The van der Waals surface area contributed by atoms with Crippen molar-refractivity contribution in [3.8, 4) is 0 Å². The van der Waals surface area contributed by atoms with E-state index in [4.69, 9.17) is 5.73 Å². The molecule has 0 aliphatic rings. The predicted molar refractivity (Wildman–Crippen MR) is 37.1 cm³/mol. The first-order valence-electron chi connectivity index (χ1n) is 2.36. The van der Waals surface area contributed by atoms with E-state index in [0.717, 1.165) is 0 Å². The van der Waals surface area contributed by atoms with E-state index in [1.54, 1.807) is 0 Å². The Morgan fingerprint density at radius 2 is 2.00 bits per heavy atom. The molecule has 3 nitrogen and oxygen atoms in total. The van der Waals surface area contributed by atoms with Crippen LogP contribution < -0.4 is 5.73 Å². The minimum absolute atomic E-state index is 0.171. The summed E-state index contributed by atoms with van der Waals surface area (Å²) in [6, 6.07) is 0. The summed E-state index contributed by atoms with van der Waals surface area (Å²) in [5, 5.41) is 0. The normalized spacial score (nSPS) is 8.56. The maximum atomic E-state index is 10.5. The second-order valence-electron chi connectivity index (χ2n) is 1.67. The second-order valence-corrected chi connectivity index (χ2v) is 2.11. The van der Waals surface area contributed by atoms with E-state index in [1.165, 1.54) is 6.92 Å². The minimum atomic E-state index is -0.461. The molecule has 2 N–H and O–H groups in total. The lowest BCUT2D eigenvalue weighted by Crippen LogP contribution is -2.22. The first-order valence-corrected chi connectivity index (χ1v) is 2.77. The zero-order valence-electron chi connectivity index (χ0n) is 5.01. The first kappa shape index (κ1) is 8.23. The molecule has 0 saturated heterocycles. The molecular formula is C5H7NO2S. The Morgan fingerprint density at radius 3 is 2.11 bits per heavy atom. The average molecular weight is 145 g/mol. The molecule has 0 saturated carbocycles. The van der Waals surface area contributed by atoms with Crippen LogP contribution in [0.25, 0.3) is 0 Å². The molecule has 0 spiro atoms. The van der Waals surface area contributed by atoms with Crippen molar-refractivity contribution in [1.82, 2.24) is 0 Å². The standard InChI is InChI=1S/C5H7NO2S/c1-3(7)2-4(8)5(6)9/h2H2,1H3,(H2,6,9). The van der Waals surface area contributed by atoms with Gasteiger partial charge in [-0.2, -0.15) is 0 Å². The predicted octanol–water partition coefficient (Wildman–Crippen LogP) is -0.179. The molecule has 0 heterocycles. The van der Waals surface area contributed by atoms with Crippen molar-refractivity contribution in [1.29, 1.82) is 0 Å². The Kier molecular flexibility index (Phi) is 3.01.